The number of benzene rings is 2. The lowest BCUT2D eigenvalue weighted by molar-refractivity contribution is -0.137. The second kappa shape index (κ2) is 12.7. The molecule has 1 unspecified atom stereocenters. The van der Waals surface area contributed by atoms with Gasteiger partial charge in [-0.25, -0.2) is 0 Å². The second-order valence-corrected chi connectivity index (χ2v) is 16.8. The quantitative estimate of drug-likeness (QED) is 0.268. The molecule has 3 rings (SSSR count). The maximum atomic E-state index is 14.2. The number of rotatable bonds is 13. The van der Waals surface area contributed by atoms with Gasteiger partial charge in [0.2, 0.25) is 11.7 Å². The lowest BCUT2D eigenvalue weighted by Gasteiger charge is -2.37. The highest BCUT2D eigenvalue weighted by Crippen LogP contribution is 2.44. The third kappa shape index (κ3) is 6.69. The van der Waals surface area contributed by atoms with Crippen LogP contribution < -0.4 is 23.7 Å². The highest BCUT2D eigenvalue weighted by atomic mass is 28.4. The zero-order valence-electron chi connectivity index (χ0n) is 25.9. The van der Waals surface area contributed by atoms with E-state index < -0.39 is 13.7 Å². The van der Waals surface area contributed by atoms with Crippen molar-refractivity contribution in [3.8, 4) is 28.7 Å². The number of carbonyl (C=O) groups is 1. The molecule has 0 N–H and O–H groups in total. The fourth-order valence-corrected chi connectivity index (χ4v) is 6.12. The highest BCUT2D eigenvalue weighted by Gasteiger charge is 2.47. The van der Waals surface area contributed by atoms with E-state index in [1.807, 2.05) is 35.2 Å². The van der Waals surface area contributed by atoms with Gasteiger partial charge in [0.15, 0.2) is 31.3 Å². The SMILES string of the molecule is COc1ccc(CC2(CCO[Si](C)(C)C(C)(C)C)CCN(Cc3cc(OC)c(OC)c(OC)c3)C2=O)cc1OC. The maximum Gasteiger partial charge on any atom is 0.229 e. The monoisotopic (exact) mass is 573 g/mol. The smallest absolute Gasteiger partial charge is 0.229 e. The first-order chi connectivity index (χ1) is 18.8. The van der Waals surface area contributed by atoms with Crippen LogP contribution in [0.4, 0.5) is 0 Å². The first-order valence-electron chi connectivity index (χ1n) is 13.8. The minimum absolute atomic E-state index is 0.0989. The van der Waals surface area contributed by atoms with Crippen molar-refractivity contribution in [3.05, 3.63) is 41.5 Å². The van der Waals surface area contributed by atoms with E-state index >= 15 is 0 Å². The summed E-state index contributed by atoms with van der Waals surface area (Å²) >= 11 is 0. The minimum Gasteiger partial charge on any atom is -0.493 e. The van der Waals surface area contributed by atoms with Crippen LogP contribution in [0.5, 0.6) is 28.7 Å². The molecule has 2 aromatic carbocycles. The Kier molecular flexibility index (Phi) is 10.1. The predicted molar refractivity (Wildman–Crippen MR) is 160 cm³/mol. The molecule has 0 saturated carbocycles. The van der Waals surface area contributed by atoms with Gasteiger partial charge in [-0.1, -0.05) is 26.8 Å². The molecule has 1 aliphatic heterocycles. The van der Waals surface area contributed by atoms with Crippen LogP contribution in [-0.4, -0.2) is 67.8 Å². The lowest BCUT2D eigenvalue weighted by atomic mass is 9.77. The molecule has 0 radical (unpaired) electrons. The molecule has 40 heavy (non-hydrogen) atoms. The Balaban J connectivity index is 1.91. The van der Waals surface area contributed by atoms with E-state index in [1.165, 1.54) is 0 Å². The molecule has 0 bridgehead atoms. The first-order valence-corrected chi connectivity index (χ1v) is 16.7. The fourth-order valence-electron chi connectivity index (χ4n) is 5.07. The van der Waals surface area contributed by atoms with E-state index in [-0.39, 0.29) is 10.9 Å². The van der Waals surface area contributed by atoms with E-state index in [2.05, 4.69) is 33.9 Å². The van der Waals surface area contributed by atoms with E-state index in [4.69, 9.17) is 28.1 Å². The minimum atomic E-state index is -1.96. The summed E-state index contributed by atoms with van der Waals surface area (Å²) in [6.45, 7) is 12.9. The molecule has 1 atom stereocenters. The predicted octanol–water partition coefficient (Wildman–Crippen LogP) is 6.10. The average Bonchev–Trinajstić information content (AvgIpc) is 3.21. The molecule has 1 aliphatic rings. The van der Waals surface area contributed by atoms with E-state index in [9.17, 15) is 4.79 Å². The molecular weight excluding hydrogens is 526 g/mol. The Hall–Kier alpha value is -2.91. The molecule has 1 fully saturated rings. The molecular formula is C31H47NO7Si. The number of nitrogens with zero attached hydrogens (tertiary/aromatic N) is 1. The Morgan fingerprint density at radius 1 is 0.825 bits per heavy atom. The zero-order valence-corrected chi connectivity index (χ0v) is 26.9. The summed E-state index contributed by atoms with van der Waals surface area (Å²) in [6.07, 6.45) is 1.99. The summed E-state index contributed by atoms with van der Waals surface area (Å²) in [4.78, 5) is 16.2. The van der Waals surface area contributed by atoms with Crippen LogP contribution in [0.25, 0.3) is 0 Å². The van der Waals surface area contributed by atoms with Gasteiger partial charge in [0.25, 0.3) is 0 Å². The van der Waals surface area contributed by atoms with Gasteiger partial charge in [0.1, 0.15) is 0 Å². The molecule has 1 amide bonds. The van der Waals surface area contributed by atoms with Gasteiger partial charge in [-0.2, -0.15) is 0 Å². The molecule has 8 nitrogen and oxygen atoms in total. The number of likely N-dealkylation sites (tertiary alicyclic amines) is 1. The van der Waals surface area contributed by atoms with E-state index in [0.717, 1.165) is 17.5 Å². The number of hydrogen-bond acceptors (Lipinski definition) is 7. The Labute approximate surface area is 241 Å². The molecule has 1 saturated heterocycles. The molecule has 0 aromatic heterocycles. The number of carbonyl (C=O) groups excluding carboxylic acids is 1. The second-order valence-electron chi connectivity index (χ2n) is 12.0. The van der Waals surface area contributed by atoms with Crippen LogP contribution in [0.1, 0.15) is 44.7 Å². The molecule has 0 aliphatic carbocycles. The third-order valence-electron chi connectivity index (χ3n) is 8.54. The molecule has 9 heteroatoms. The van der Waals surface area contributed by atoms with Gasteiger partial charge in [0.05, 0.1) is 41.0 Å². The van der Waals surface area contributed by atoms with Crippen molar-refractivity contribution in [1.29, 1.82) is 0 Å². The number of hydrogen-bond donors (Lipinski definition) is 0. The van der Waals surface area contributed by atoms with Gasteiger partial charge in [-0.05, 0) is 72.8 Å². The zero-order chi connectivity index (χ0) is 29.7. The van der Waals surface area contributed by atoms with Gasteiger partial charge in [-0.15, -0.1) is 0 Å². The Bertz CT molecular complexity index is 1150. The number of methoxy groups -OCH3 is 5. The average molecular weight is 574 g/mol. The van der Waals surface area contributed by atoms with Crippen molar-refractivity contribution in [3.63, 3.8) is 0 Å². The van der Waals surface area contributed by atoms with Crippen molar-refractivity contribution in [1.82, 2.24) is 4.90 Å². The summed E-state index contributed by atoms with van der Waals surface area (Å²) < 4.78 is 34.1. The van der Waals surface area contributed by atoms with Crippen molar-refractivity contribution >= 4 is 14.2 Å². The van der Waals surface area contributed by atoms with Crippen LogP contribution in [-0.2, 0) is 22.2 Å². The maximum absolute atomic E-state index is 14.2. The van der Waals surface area contributed by atoms with Crippen LogP contribution in [0.15, 0.2) is 30.3 Å². The van der Waals surface area contributed by atoms with Crippen molar-refractivity contribution < 1.29 is 32.9 Å². The topological polar surface area (TPSA) is 75.7 Å². The molecule has 1 heterocycles. The first kappa shape index (κ1) is 31.6. The van der Waals surface area contributed by atoms with Gasteiger partial charge >= 0.3 is 0 Å². The van der Waals surface area contributed by atoms with E-state index in [0.29, 0.717) is 61.3 Å². The molecule has 0 spiro atoms. The summed E-state index contributed by atoms with van der Waals surface area (Å²) in [5.74, 6) is 3.14. The number of ether oxygens (including phenoxy) is 5. The van der Waals surface area contributed by atoms with Crippen LogP contribution in [0.2, 0.25) is 18.1 Å². The van der Waals surface area contributed by atoms with Gasteiger partial charge in [0, 0.05) is 19.7 Å². The van der Waals surface area contributed by atoms with Crippen molar-refractivity contribution in [2.45, 2.75) is 64.7 Å². The Morgan fingerprint density at radius 3 is 1.93 bits per heavy atom. The van der Waals surface area contributed by atoms with Gasteiger partial charge < -0.3 is 33.0 Å². The lowest BCUT2D eigenvalue weighted by Crippen LogP contribution is -2.43. The summed E-state index contributed by atoms with van der Waals surface area (Å²) in [5.41, 5.74) is 1.37. The number of amides is 1. The van der Waals surface area contributed by atoms with Crippen LogP contribution >= 0.6 is 0 Å². The standard InChI is InChI=1S/C31H47NO7Si/c1-30(2,3)40(9,10)39-16-14-31(20-22-11-12-24(34-4)25(17-22)35-5)13-15-32(29(31)33)21-23-18-26(36-6)28(38-8)27(19-23)37-7/h11-12,17-19H,13-16,20-21H2,1-10H3. The van der Waals surface area contributed by atoms with Crippen molar-refractivity contribution in [2.24, 2.45) is 5.41 Å². The van der Waals surface area contributed by atoms with Crippen molar-refractivity contribution in [2.75, 3.05) is 48.7 Å². The van der Waals surface area contributed by atoms with Crippen LogP contribution in [0, 0.1) is 5.41 Å². The normalized spacial score (nSPS) is 17.6. The summed E-state index contributed by atoms with van der Waals surface area (Å²) in [5, 5.41) is 0.0989. The third-order valence-corrected chi connectivity index (χ3v) is 13.1. The Morgan fingerprint density at radius 2 is 1.40 bits per heavy atom. The van der Waals surface area contributed by atoms with E-state index in [1.54, 1.807) is 35.5 Å². The largest absolute Gasteiger partial charge is 0.493 e. The van der Waals surface area contributed by atoms with Gasteiger partial charge in [-0.3, -0.25) is 4.79 Å². The molecule has 2 aromatic rings. The summed E-state index contributed by atoms with van der Waals surface area (Å²) in [6, 6.07) is 9.71. The van der Waals surface area contributed by atoms with Crippen LogP contribution in [0.3, 0.4) is 0 Å². The molecule has 222 valence electrons. The highest BCUT2D eigenvalue weighted by molar-refractivity contribution is 6.74. The summed E-state index contributed by atoms with van der Waals surface area (Å²) in [7, 11) is 6.07. The fraction of sp³-hybridized carbons (Fsp3) is 0.581.